The molecular formula is C15H32N2O3. The fourth-order valence-corrected chi connectivity index (χ4v) is 2.31. The Morgan fingerprint density at radius 1 is 1.15 bits per heavy atom. The van der Waals surface area contributed by atoms with Gasteiger partial charge in [0.15, 0.2) is 0 Å². The molecule has 1 atom stereocenters. The summed E-state index contributed by atoms with van der Waals surface area (Å²) >= 11 is 0. The lowest BCUT2D eigenvalue weighted by molar-refractivity contribution is -0.0100. The Morgan fingerprint density at radius 2 is 1.90 bits per heavy atom. The van der Waals surface area contributed by atoms with Crippen LogP contribution in [0.5, 0.6) is 0 Å². The minimum Gasteiger partial charge on any atom is -0.389 e. The smallest absolute Gasteiger partial charge is 0.0897 e. The summed E-state index contributed by atoms with van der Waals surface area (Å²) in [6.07, 6.45) is 3.83. The topological polar surface area (TPSA) is 54.0 Å². The summed E-state index contributed by atoms with van der Waals surface area (Å²) in [7, 11) is 0. The molecule has 1 fully saturated rings. The van der Waals surface area contributed by atoms with Gasteiger partial charge in [-0.25, -0.2) is 0 Å². The second-order valence-electron chi connectivity index (χ2n) is 5.75. The van der Waals surface area contributed by atoms with Crippen molar-refractivity contribution in [3.63, 3.8) is 0 Å². The van der Waals surface area contributed by atoms with Crippen molar-refractivity contribution in [2.24, 2.45) is 0 Å². The van der Waals surface area contributed by atoms with Gasteiger partial charge in [0.25, 0.3) is 0 Å². The first-order chi connectivity index (χ1) is 9.68. The van der Waals surface area contributed by atoms with Gasteiger partial charge in [0, 0.05) is 19.6 Å². The molecule has 0 spiro atoms. The van der Waals surface area contributed by atoms with Gasteiger partial charge in [-0.1, -0.05) is 6.42 Å². The lowest BCUT2D eigenvalue weighted by Crippen LogP contribution is -2.38. The van der Waals surface area contributed by atoms with Crippen LogP contribution in [0.3, 0.4) is 0 Å². The number of aliphatic hydroxyl groups is 1. The zero-order valence-electron chi connectivity index (χ0n) is 13.1. The predicted molar refractivity (Wildman–Crippen MR) is 81.1 cm³/mol. The third-order valence-electron chi connectivity index (χ3n) is 3.42. The van der Waals surface area contributed by atoms with Crippen molar-refractivity contribution in [3.8, 4) is 0 Å². The van der Waals surface area contributed by atoms with Crippen molar-refractivity contribution in [3.05, 3.63) is 0 Å². The highest BCUT2D eigenvalue weighted by Gasteiger charge is 2.09. The van der Waals surface area contributed by atoms with Crippen molar-refractivity contribution in [1.82, 2.24) is 10.2 Å². The van der Waals surface area contributed by atoms with E-state index in [9.17, 15) is 5.11 Å². The SMILES string of the molecule is CC(C)OCCOCC(O)CNCCN1CCCCC1. The van der Waals surface area contributed by atoms with E-state index in [-0.39, 0.29) is 6.10 Å². The molecule has 0 aliphatic carbocycles. The number of nitrogens with zero attached hydrogens (tertiary/aromatic N) is 1. The van der Waals surface area contributed by atoms with E-state index >= 15 is 0 Å². The van der Waals surface area contributed by atoms with Gasteiger partial charge in [0.1, 0.15) is 0 Å². The first-order valence-electron chi connectivity index (χ1n) is 7.99. The number of piperidine rings is 1. The van der Waals surface area contributed by atoms with Crippen LogP contribution in [-0.4, -0.2) is 74.8 Å². The maximum absolute atomic E-state index is 9.75. The Labute approximate surface area is 123 Å². The van der Waals surface area contributed by atoms with Gasteiger partial charge < -0.3 is 24.8 Å². The van der Waals surface area contributed by atoms with E-state index in [4.69, 9.17) is 9.47 Å². The number of rotatable bonds is 11. The standard InChI is InChI=1S/C15H32N2O3/c1-14(2)20-11-10-19-13-15(18)12-16-6-9-17-7-4-3-5-8-17/h14-16,18H,3-13H2,1-2H3. The number of hydrogen-bond donors (Lipinski definition) is 2. The van der Waals surface area contributed by atoms with Gasteiger partial charge in [-0.15, -0.1) is 0 Å². The van der Waals surface area contributed by atoms with E-state index in [2.05, 4.69) is 10.2 Å². The minimum absolute atomic E-state index is 0.236. The van der Waals surface area contributed by atoms with E-state index in [0.29, 0.717) is 26.4 Å². The van der Waals surface area contributed by atoms with Crippen molar-refractivity contribution < 1.29 is 14.6 Å². The molecule has 1 aliphatic rings. The normalized spacial score (nSPS) is 18.6. The molecule has 0 aromatic carbocycles. The average molecular weight is 288 g/mol. The van der Waals surface area contributed by atoms with Gasteiger partial charge in [-0.3, -0.25) is 0 Å². The van der Waals surface area contributed by atoms with Crippen LogP contribution >= 0.6 is 0 Å². The summed E-state index contributed by atoms with van der Waals surface area (Å²) < 4.78 is 10.7. The maximum atomic E-state index is 9.75. The third-order valence-corrected chi connectivity index (χ3v) is 3.42. The van der Waals surface area contributed by atoms with Gasteiger partial charge in [0.2, 0.25) is 0 Å². The Balaban J connectivity index is 1.85. The van der Waals surface area contributed by atoms with Crippen LogP contribution in [0.15, 0.2) is 0 Å². The zero-order valence-corrected chi connectivity index (χ0v) is 13.1. The molecule has 5 heteroatoms. The van der Waals surface area contributed by atoms with E-state index in [1.807, 2.05) is 13.8 Å². The van der Waals surface area contributed by atoms with Gasteiger partial charge in [-0.2, -0.15) is 0 Å². The van der Waals surface area contributed by atoms with Crippen LogP contribution in [-0.2, 0) is 9.47 Å². The van der Waals surface area contributed by atoms with Gasteiger partial charge in [-0.05, 0) is 39.8 Å². The molecule has 120 valence electrons. The van der Waals surface area contributed by atoms with Crippen molar-refractivity contribution in [2.75, 3.05) is 52.5 Å². The summed E-state index contributed by atoms with van der Waals surface area (Å²) in [6, 6.07) is 0. The number of likely N-dealkylation sites (tertiary alicyclic amines) is 1. The molecule has 5 nitrogen and oxygen atoms in total. The lowest BCUT2D eigenvalue weighted by atomic mass is 10.1. The predicted octanol–water partition coefficient (Wildman–Crippen LogP) is 0.864. The zero-order chi connectivity index (χ0) is 14.6. The van der Waals surface area contributed by atoms with E-state index in [1.165, 1.54) is 32.4 Å². The monoisotopic (exact) mass is 288 g/mol. The molecule has 1 aliphatic heterocycles. The molecule has 0 saturated carbocycles. The molecule has 0 radical (unpaired) electrons. The van der Waals surface area contributed by atoms with Crippen molar-refractivity contribution in [1.29, 1.82) is 0 Å². The van der Waals surface area contributed by atoms with Crippen LogP contribution in [0.25, 0.3) is 0 Å². The lowest BCUT2D eigenvalue weighted by Gasteiger charge is -2.26. The van der Waals surface area contributed by atoms with E-state index < -0.39 is 6.10 Å². The third kappa shape index (κ3) is 9.66. The molecule has 0 amide bonds. The van der Waals surface area contributed by atoms with Crippen molar-refractivity contribution >= 4 is 0 Å². The van der Waals surface area contributed by atoms with Crippen molar-refractivity contribution in [2.45, 2.75) is 45.3 Å². The molecule has 1 rings (SSSR count). The highest BCUT2D eigenvalue weighted by molar-refractivity contribution is 4.66. The number of hydrogen-bond acceptors (Lipinski definition) is 5. The van der Waals surface area contributed by atoms with Gasteiger partial charge >= 0.3 is 0 Å². The molecule has 0 aromatic heterocycles. The van der Waals surface area contributed by atoms with Crippen LogP contribution in [0.1, 0.15) is 33.1 Å². The Bertz CT molecular complexity index is 221. The first-order valence-corrected chi connectivity index (χ1v) is 7.99. The number of aliphatic hydroxyl groups excluding tert-OH is 1. The molecule has 1 unspecified atom stereocenters. The number of nitrogens with one attached hydrogen (secondary N) is 1. The summed E-state index contributed by atoms with van der Waals surface area (Å²) in [5.74, 6) is 0. The molecule has 0 aromatic rings. The van der Waals surface area contributed by atoms with Crippen LogP contribution in [0.4, 0.5) is 0 Å². The molecule has 20 heavy (non-hydrogen) atoms. The minimum atomic E-state index is -0.435. The summed E-state index contributed by atoms with van der Waals surface area (Å²) in [6.45, 7) is 10.6. The molecule has 1 heterocycles. The Morgan fingerprint density at radius 3 is 2.60 bits per heavy atom. The largest absolute Gasteiger partial charge is 0.389 e. The molecule has 1 saturated heterocycles. The van der Waals surface area contributed by atoms with Crippen LogP contribution < -0.4 is 5.32 Å². The highest BCUT2D eigenvalue weighted by atomic mass is 16.5. The first kappa shape index (κ1) is 17.9. The van der Waals surface area contributed by atoms with Crippen LogP contribution in [0, 0.1) is 0 Å². The van der Waals surface area contributed by atoms with E-state index in [0.717, 1.165) is 13.1 Å². The molecular weight excluding hydrogens is 256 g/mol. The summed E-state index contributed by atoms with van der Waals surface area (Å²) in [5.41, 5.74) is 0. The molecule has 0 bridgehead atoms. The number of ether oxygens (including phenoxy) is 2. The highest BCUT2D eigenvalue weighted by Crippen LogP contribution is 2.07. The maximum Gasteiger partial charge on any atom is 0.0897 e. The average Bonchev–Trinajstić information content (AvgIpc) is 2.44. The second kappa shape index (κ2) is 11.5. The quantitative estimate of drug-likeness (QED) is 0.552. The fourth-order valence-electron chi connectivity index (χ4n) is 2.31. The Kier molecular flexibility index (Phi) is 10.2. The van der Waals surface area contributed by atoms with Crippen LogP contribution in [0.2, 0.25) is 0 Å². The second-order valence-corrected chi connectivity index (χ2v) is 5.75. The summed E-state index contributed by atoms with van der Waals surface area (Å²) in [4.78, 5) is 2.49. The Hall–Kier alpha value is -0.200. The van der Waals surface area contributed by atoms with Gasteiger partial charge in [0.05, 0.1) is 32.0 Å². The molecule has 2 N–H and O–H groups in total. The fraction of sp³-hybridized carbons (Fsp3) is 1.00. The van der Waals surface area contributed by atoms with E-state index in [1.54, 1.807) is 0 Å². The summed E-state index contributed by atoms with van der Waals surface area (Å²) in [5, 5.41) is 13.0.